The first-order valence-corrected chi connectivity index (χ1v) is 8.62. The van der Waals surface area contributed by atoms with E-state index in [-0.39, 0.29) is 5.91 Å². The van der Waals surface area contributed by atoms with Crippen LogP contribution in [0.25, 0.3) is 6.08 Å². The first-order valence-electron chi connectivity index (χ1n) is 8.62. The van der Waals surface area contributed by atoms with E-state index in [1.54, 1.807) is 24.5 Å². The maximum atomic E-state index is 11.8. The first kappa shape index (κ1) is 17.9. The number of carbonyl (C=O) groups is 1. The average molecular weight is 357 g/mol. The van der Waals surface area contributed by atoms with Crippen molar-refractivity contribution in [2.75, 3.05) is 49.6 Å². The van der Waals surface area contributed by atoms with Crippen LogP contribution in [0.1, 0.15) is 11.6 Å². The number of ether oxygens (including phenoxy) is 1. The molecule has 26 heavy (non-hydrogen) atoms. The van der Waals surface area contributed by atoms with Crippen molar-refractivity contribution >= 4 is 23.6 Å². The molecular formula is C18H23N5O3. The number of morpholine rings is 1. The maximum absolute atomic E-state index is 11.8. The minimum atomic E-state index is -0.170. The topological polar surface area (TPSA) is 92.5 Å². The van der Waals surface area contributed by atoms with Crippen LogP contribution in [0.3, 0.4) is 0 Å². The molecule has 1 aliphatic rings. The van der Waals surface area contributed by atoms with Crippen LogP contribution in [0, 0.1) is 6.92 Å². The van der Waals surface area contributed by atoms with Gasteiger partial charge in [-0.15, -0.1) is 0 Å². The number of rotatable bonds is 7. The third-order valence-electron chi connectivity index (χ3n) is 3.83. The summed E-state index contributed by atoms with van der Waals surface area (Å²) in [7, 11) is 0. The van der Waals surface area contributed by atoms with E-state index in [2.05, 4.69) is 25.5 Å². The second-order valence-corrected chi connectivity index (χ2v) is 5.82. The molecule has 0 bridgehead atoms. The van der Waals surface area contributed by atoms with Gasteiger partial charge in [0.15, 0.2) is 0 Å². The molecule has 2 aromatic heterocycles. The molecule has 1 amide bonds. The highest BCUT2D eigenvalue weighted by atomic mass is 16.5. The molecule has 2 aromatic rings. The fraction of sp³-hybridized carbons (Fsp3) is 0.389. The molecule has 2 N–H and O–H groups in total. The summed E-state index contributed by atoms with van der Waals surface area (Å²) in [5.74, 6) is 2.83. The average Bonchev–Trinajstić information content (AvgIpc) is 3.17. The SMILES string of the molecule is Cc1nc(NCCNC(=O)/C=C/c2ccco2)cc(N2CCOCC2)n1. The van der Waals surface area contributed by atoms with Gasteiger partial charge in [0.1, 0.15) is 23.2 Å². The number of nitrogens with zero attached hydrogens (tertiary/aromatic N) is 3. The van der Waals surface area contributed by atoms with Crippen molar-refractivity contribution < 1.29 is 13.9 Å². The number of amides is 1. The van der Waals surface area contributed by atoms with Gasteiger partial charge < -0.3 is 24.7 Å². The molecule has 1 saturated heterocycles. The third kappa shape index (κ3) is 5.32. The van der Waals surface area contributed by atoms with E-state index < -0.39 is 0 Å². The Bertz CT molecular complexity index is 739. The van der Waals surface area contributed by atoms with Gasteiger partial charge >= 0.3 is 0 Å². The van der Waals surface area contributed by atoms with Crippen molar-refractivity contribution in [1.29, 1.82) is 0 Å². The summed E-state index contributed by atoms with van der Waals surface area (Å²) < 4.78 is 10.5. The lowest BCUT2D eigenvalue weighted by molar-refractivity contribution is -0.116. The predicted molar refractivity (Wildman–Crippen MR) is 99.0 cm³/mol. The molecular weight excluding hydrogens is 334 g/mol. The van der Waals surface area contributed by atoms with Gasteiger partial charge in [0.05, 0.1) is 19.5 Å². The van der Waals surface area contributed by atoms with Gasteiger partial charge in [0.25, 0.3) is 0 Å². The molecule has 3 heterocycles. The van der Waals surface area contributed by atoms with Crippen LogP contribution in [0.5, 0.6) is 0 Å². The summed E-state index contributed by atoms with van der Waals surface area (Å²) in [4.78, 5) is 22.8. The number of nitrogens with one attached hydrogen (secondary N) is 2. The zero-order valence-corrected chi connectivity index (χ0v) is 14.8. The Labute approximate surface area is 152 Å². The molecule has 3 rings (SSSR count). The molecule has 1 aliphatic heterocycles. The van der Waals surface area contributed by atoms with E-state index in [4.69, 9.17) is 9.15 Å². The summed E-state index contributed by atoms with van der Waals surface area (Å²) in [5.41, 5.74) is 0. The Morgan fingerprint density at radius 2 is 2.15 bits per heavy atom. The van der Waals surface area contributed by atoms with Gasteiger partial charge in [-0.1, -0.05) is 0 Å². The normalized spacial score (nSPS) is 14.6. The Hall–Kier alpha value is -2.87. The largest absolute Gasteiger partial charge is 0.465 e. The lowest BCUT2D eigenvalue weighted by Gasteiger charge is -2.28. The van der Waals surface area contributed by atoms with Crippen molar-refractivity contribution in [3.05, 3.63) is 42.1 Å². The highest BCUT2D eigenvalue weighted by molar-refractivity contribution is 5.91. The highest BCUT2D eigenvalue weighted by Gasteiger charge is 2.14. The van der Waals surface area contributed by atoms with E-state index >= 15 is 0 Å². The Kier molecular flexibility index (Phi) is 6.21. The lowest BCUT2D eigenvalue weighted by Crippen LogP contribution is -2.37. The molecule has 0 spiro atoms. The minimum Gasteiger partial charge on any atom is -0.465 e. The zero-order chi connectivity index (χ0) is 18.2. The lowest BCUT2D eigenvalue weighted by atomic mass is 10.3. The van der Waals surface area contributed by atoms with E-state index in [0.29, 0.717) is 37.9 Å². The zero-order valence-electron chi connectivity index (χ0n) is 14.8. The number of furan rings is 1. The van der Waals surface area contributed by atoms with Crippen molar-refractivity contribution in [3.63, 3.8) is 0 Å². The Morgan fingerprint density at radius 1 is 1.31 bits per heavy atom. The highest BCUT2D eigenvalue weighted by Crippen LogP contribution is 2.16. The molecule has 0 radical (unpaired) electrons. The number of anilines is 2. The third-order valence-corrected chi connectivity index (χ3v) is 3.83. The fourth-order valence-corrected chi connectivity index (χ4v) is 2.58. The summed E-state index contributed by atoms with van der Waals surface area (Å²) in [6, 6.07) is 5.49. The van der Waals surface area contributed by atoms with Crippen molar-refractivity contribution in [3.8, 4) is 0 Å². The van der Waals surface area contributed by atoms with Gasteiger partial charge in [-0.25, -0.2) is 9.97 Å². The molecule has 0 aromatic carbocycles. The van der Waals surface area contributed by atoms with Gasteiger partial charge in [-0.2, -0.15) is 0 Å². The van der Waals surface area contributed by atoms with E-state index in [1.165, 1.54) is 6.08 Å². The van der Waals surface area contributed by atoms with Gasteiger partial charge in [-0.05, 0) is 25.1 Å². The number of aromatic nitrogens is 2. The fourth-order valence-electron chi connectivity index (χ4n) is 2.58. The smallest absolute Gasteiger partial charge is 0.244 e. The number of hydrogen-bond acceptors (Lipinski definition) is 7. The van der Waals surface area contributed by atoms with E-state index in [1.807, 2.05) is 13.0 Å². The second-order valence-electron chi connectivity index (χ2n) is 5.82. The van der Waals surface area contributed by atoms with Crippen LogP contribution in [0.2, 0.25) is 0 Å². The van der Waals surface area contributed by atoms with Crippen LogP contribution in [-0.2, 0) is 9.53 Å². The Morgan fingerprint density at radius 3 is 2.92 bits per heavy atom. The molecule has 0 unspecified atom stereocenters. The quantitative estimate of drug-likeness (QED) is 0.572. The monoisotopic (exact) mass is 357 g/mol. The molecule has 138 valence electrons. The summed E-state index contributed by atoms with van der Waals surface area (Å²) >= 11 is 0. The Balaban J connectivity index is 1.45. The van der Waals surface area contributed by atoms with Crippen LogP contribution in [0.4, 0.5) is 11.6 Å². The van der Waals surface area contributed by atoms with Gasteiger partial charge in [-0.3, -0.25) is 4.79 Å². The minimum absolute atomic E-state index is 0.170. The molecule has 0 saturated carbocycles. The van der Waals surface area contributed by atoms with Crippen LogP contribution < -0.4 is 15.5 Å². The summed E-state index contributed by atoms with van der Waals surface area (Å²) in [5, 5.41) is 6.03. The van der Waals surface area contributed by atoms with Gasteiger partial charge in [0, 0.05) is 38.3 Å². The maximum Gasteiger partial charge on any atom is 0.244 e. The first-order chi connectivity index (χ1) is 12.7. The molecule has 0 aliphatic carbocycles. The standard InChI is InChI=1S/C18H23N5O3/c1-14-21-16(13-17(22-14)23-8-11-25-12-9-23)19-6-7-20-18(24)5-4-15-3-2-10-26-15/h2-5,10,13H,6-9,11-12H2,1H3,(H,20,24)(H,19,21,22)/b5-4+. The molecule has 1 fully saturated rings. The summed E-state index contributed by atoms with van der Waals surface area (Å²) in [6.45, 7) is 6.00. The molecule has 8 nitrogen and oxygen atoms in total. The van der Waals surface area contributed by atoms with Crippen molar-refractivity contribution in [1.82, 2.24) is 15.3 Å². The molecule has 8 heteroatoms. The van der Waals surface area contributed by atoms with Crippen molar-refractivity contribution in [2.24, 2.45) is 0 Å². The van der Waals surface area contributed by atoms with E-state index in [9.17, 15) is 4.79 Å². The number of hydrogen-bond donors (Lipinski definition) is 2. The van der Waals surface area contributed by atoms with Crippen molar-refractivity contribution in [2.45, 2.75) is 6.92 Å². The molecule has 0 atom stereocenters. The van der Waals surface area contributed by atoms with Crippen LogP contribution in [-0.4, -0.2) is 55.3 Å². The van der Waals surface area contributed by atoms with Crippen LogP contribution in [0.15, 0.2) is 35.0 Å². The number of carbonyl (C=O) groups excluding carboxylic acids is 1. The number of aryl methyl sites for hydroxylation is 1. The van der Waals surface area contributed by atoms with Crippen LogP contribution >= 0.6 is 0 Å². The van der Waals surface area contributed by atoms with E-state index in [0.717, 1.165) is 24.7 Å². The second kappa shape index (κ2) is 9.00. The predicted octanol–water partition coefficient (Wildman–Crippen LogP) is 1.46. The summed E-state index contributed by atoms with van der Waals surface area (Å²) in [6.07, 6.45) is 4.64. The van der Waals surface area contributed by atoms with Gasteiger partial charge in [0.2, 0.25) is 5.91 Å².